The molecule has 2 aliphatic heterocycles. The Kier molecular flexibility index (Phi) is 8.50. The summed E-state index contributed by atoms with van der Waals surface area (Å²) < 4.78 is 12.4. The second kappa shape index (κ2) is 12.2. The highest BCUT2D eigenvalue weighted by Gasteiger charge is 2.31. The average molecular weight is 546 g/mol. The molecule has 7 heteroatoms. The van der Waals surface area contributed by atoms with Gasteiger partial charge in [0.15, 0.2) is 5.78 Å². The third kappa shape index (κ3) is 6.27. The number of ketones is 1. The van der Waals surface area contributed by atoms with E-state index in [0.717, 1.165) is 65.5 Å². The molecule has 4 aromatic rings. The lowest BCUT2D eigenvalue weighted by atomic mass is 9.97. The molecule has 3 aromatic carbocycles. The largest absolute Gasteiger partial charge is 0.508 e. The van der Waals surface area contributed by atoms with E-state index in [2.05, 4.69) is 18.7 Å². The number of thiophene rings is 1. The summed E-state index contributed by atoms with van der Waals surface area (Å²) in [6.07, 6.45) is 2.57. The Labute approximate surface area is 233 Å². The fourth-order valence-corrected chi connectivity index (χ4v) is 6.23. The van der Waals surface area contributed by atoms with Crippen molar-refractivity contribution >= 4 is 27.2 Å². The van der Waals surface area contributed by atoms with Gasteiger partial charge in [0.25, 0.3) is 0 Å². The number of hydrogen-bond acceptors (Lipinski definition) is 7. The second-order valence-electron chi connectivity index (χ2n) is 10.3. The van der Waals surface area contributed by atoms with Crippen LogP contribution in [0.25, 0.3) is 20.5 Å². The molecule has 0 aliphatic carbocycles. The molecule has 2 fully saturated rings. The van der Waals surface area contributed by atoms with Gasteiger partial charge in [-0.2, -0.15) is 0 Å². The molecule has 39 heavy (non-hydrogen) atoms. The van der Waals surface area contributed by atoms with Crippen LogP contribution in [0.15, 0.2) is 66.7 Å². The highest BCUT2D eigenvalue weighted by atomic mass is 32.1. The van der Waals surface area contributed by atoms with Crippen LogP contribution in [0.2, 0.25) is 0 Å². The van der Waals surface area contributed by atoms with E-state index < -0.39 is 0 Å². The first-order valence-electron chi connectivity index (χ1n) is 13.6. The van der Waals surface area contributed by atoms with Crippen LogP contribution in [0.1, 0.15) is 42.6 Å². The predicted molar refractivity (Wildman–Crippen MR) is 156 cm³/mol. The SMILES string of the molecule is CCC.O=C(c1ccc(OC2CN(CC3CCOC3)C2)cc1)c1c(-c2ccc(O)cc2)sc2cc(O)ccc12. The molecule has 2 N–H and O–H groups in total. The van der Waals surface area contributed by atoms with Gasteiger partial charge in [-0.3, -0.25) is 9.69 Å². The van der Waals surface area contributed by atoms with Crippen molar-refractivity contribution in [1.82, 2.24) is 4.90 Å². The Morgan fingerprint density at radius 2 is 1.69 bits per heavy atom. The van der Waals surface area contributed by atoms with Gasteiger partial charge in [0, 0.05) is 52.3 Å². The van der Waals surface area contributed by atoms with Gasteiger partial charge in [0.2, 0.25) is 0 Å². The lowest BCUT2D eigenvalue weighted by Crippen LogP contribution is -2.55. The summed E-state index contributed by atoms with van der Waals surface area (Å²) in [7, 11) is 0. The first-order valence-corrected chi connectivity index (χ1v) is 14.4. The normalized spacial score (nSPS) is 17.4. The molecule has 6 rings (SSSR count). The minimum atomic E-state index is -0.0878. The molecule has 204 valence electrons. The Bertz CT molecular complexity index is 1400. The molecule has 0 amide bonds. The minimum Gasteiger partial charge on any atom is -0.508 e. The van der Waals surface area contributed by atoms with Crippen LogP contribution in [-0.2, 0) is 4.74 Å². The Morgan fingerprint density at radius 3 is 2.36 bits per heavy atom. The van der Waals surface area contributed by atoms with Crippen molar-refractivity contribution in [3.05, 3.63) is 77.9 Å². The predicted octanol–water partition coefficient (Wildman–Crippen LogP) is 6.73. The number of likely N-dealkylation sites (tertiary alicyclic amines) is 1. The monoisotopic (exact) mass is 545 g/mol. The van der Waals surface area contributed by atoms with Crippen LogP contribution in [0.3, 0.4) is 0 Å². The summed E-state index contributed by atoms with van der Waals surface area (Å²) in [4.78, 5) is 16.9. The molecule has 1 atom stereocenters. The molecule has 6 nitrogen and oxygen atoms in total. The minimum absolute atomic E-state index is 0.0878. The number of rotatable bonds is 7. The molecule has 3 heterocycles. The number of nitrogens with zero attached hydrogens (tertiary/aromatic N) is 1. The van der Waals surface area contributed by atoms with Crippen LogP contribution in [0.5, 0.6) is 17.2 Å². The third-order valence-corrected chi connectivity index (χ3v) is 8.12. The van der Waals surface area contributed by atoms with Crippen molar-refractivity contribution in [2.45, 2.75) is 32.8 Å². The molecule has 0 radical (unpaired) electrons. The Hall–Kier alpha value is -3.39. The number of phenols is 2. The molecule has 2 saturated heterocycles. The summed E-state index contributed by atoms with van der Waals surface area (Å²) in [6, 6.07) is 19.2. The van der Waals surface area contributed by atoms with E-state index >= 15 is 0 Å². The number of aromatic hydroxyl groups is 2. The van der Waals surface area contributed by atoms with E-state index in [1.54, 1.807) is 42.5 Å². The quantitative estimate of drug-likeness (QED) is 0.251. The molecular formula is C32H35NO5S. The van der Waals surface area contributed by atoms with Crippen LogP contribution < -0.4 is 4.74 Å². The van der Waals surface area contributed by atoms with E-state index in [0.29, 0.717) is 17.0 Å². The standard InChI is InChI=1S/C29H27NO5S.C3H8/c31-21-5-1-20(2-6-21)29-27(25-10-7-22(32)13-26(25)36-29)28(33)19-3-8-23(9-4-19)35-24-15-30(16-24)14-18-11-12-34-17-18;1-3-2/h1-10,13,18,24,31-32H,11-12,14-17H2;3H2,1-2H3. The van der Waals surface area contributed by atoms with Gasteiger partial charge in [-0.25, -0.2) is 0 Å². The lowest BCUT2D eigenvalue weighted by Gasteiger charge is -2.40. The molecule has 0 spiro atoms. The summed E-state index contributed by atoms with van der Waals surface area (Å²) in [5, 5.41) is 20.5. The van der Waals surface area contributed by atoms with E-state index in [-0.39, 0.29) is 23.4 Å². The van der Waals surface area contributed by atoms with Crippen molar-refractivity contribution in [3.8, 4) is 27.7 Å². The van der Waals surface area contributed by atoms with E-state index in [1.165, 1.54) is 17.8 Å². The summed E-state index contributed by atoms with van der Waals surface area (Å²) >= 11 is 1.45. The zero-order chi connectivity index (χ0) is 27.4. The maximum absolute atomic E-state index is 13.7. The number of hydrogen-bond donors (Lipinski definition) is 2. The Morgan fingerprint density at radius 1 is 1.00 bits per heavy atom. The first-order chi connectivity index (χ1) is 18.9. The van der Waals surface area contributed by atoms with Gasteiger partial charge in [-0.15, -0.1) is 11.3 Å². The van der Waals surface area contributed by atoms with E-state index in [4.69, 9.17) is 9.47 Å². The van der Waals surface area contributed by atoms with Gasteiger partial charge in [0.05, 0.1) is 6.61 Å². The Balaban J connectivity index is 0.000000983. The van der Waals surface area contributed by atoms with Gasteiger partial charge in [-0.1, -0.05) is 20.3 Å². The fraction of sp³-hybridized carbons (Fsp3) is 0.344. The van der Waals surface area contributed by atoms with Crippen molar-refractivity contribution in [3.63, 3.8) is 0 Å². The van der Waals surface area contributed by atoms with Gasteiger partial charge in [0.1, 0.15) is 23.4 Å². The summed E-state index contributed by atoms with van der Waals surface area (Å²) in [5.41, 5.74) is 2.02. The fourth-order valence-electron chi connectivity index (χ4n) is 4.99. The highest BCUT2D eigenvalue weighted by molar-refractivity contribution is 7.22. The van der Waals surface area contributed by atoms with Crippen molar-refractivity contribution in [2.24, 2.45) is 5.92 Å². The average Bonchev–Trinajstić information content (AvgIpc) is 3.56. The number of phenolic OH excluding ortho intramolecular Hbond substituents is 2. The summed E-state index contributed by atoms with van der Waals surface area (Å²) in [6.45, 7) is 8.90. The van der Waals surface area contributed by atoms with E-state index in [1.807, 2.05) is 24.3 Å². The number of fused-ring (bicyclic) bond motifs is 1. The molecule has 1 unspecified atom stereocenters. The van der Waals surface area contributed by atoms with Crippen molar-refractivity contribution < 1.29 is 24.5 Å². The smallest absolute Gasteiger partial charge is 0.195 e. The molecule has 2 aliphatic rings. The van der Waals surface area contributed by atoms with Crippen LogP contribution in [-0.4, -0.2) is 59.8 Å². The zero-order valence-electron chi connectivity index (χ0n) is 22.4. The highest BCUT2D eigenvalue weighted by Crippen LogP contribution is 2.41. The van der Waals surface area contributed by atoms with Crippen LogP contribution in [0.4, 0.5) is 0 Å². The number of carbonyl (C=O) groups is 1. The van der Waals surface area contributed by atoms with Gasteiger partial charge in [-0.05, 0) is 84.6 Å². The third-order valence-electron chi connectivity index (χ3n) is 6.91. The zero-order valence-corrected chi connectivity index (χ0v) is 23.2. The maximum Gasteiger partial charge on any atom is 0.195 e. The van der Waals surface area contributed by atoms with Gasteiger partial charge >= 0.3 is 0 Å². The van der Waals surface area contributed by atoms with Crippen LogP contribution in [0, 0.1) is 5.92 Å². The first kappa shape index (κ1) is 27.2. The topological polar surface area (TPSA) is 79.2 Å². The molecule has 1 aromatic heterocycles. The van der Waals surface area contributed by atoms with E-state index in [9.17, 15) is 15.0 Å². The molecule has 0 saturated carbocycles. The summed E-state index contributed by atoms with van der Waals surface area (Å²) in [5.74, 6) is 1.64. The molecular weight excluding hydrogens is 510 g/mol. The lowest BCUT2D eigenvalue weighted by molar-refractivity contribution is 0.00915. The molecule has 0 bridgehead atoms. The number of benzene rings is 3. The number of ether oxygens (including phenoxy) is 2. The van der Waals surface area contributed by atoms with Crippen molar-refractivity contribution in [2.75, 3.05) is 32.8 Å². The van der Waals surface area contributed by atoms with Crippen molar-refractivity contribution in [1.29, 1.82) is 0 Å². The number of carbonyl (C=O) groups excluding carboxylic acids is 1. The van der Waals surface area contributed by atoms with Gasteiger partial charge < -0.3 is 19.7 Å². The van der Waals surface area contributed by atoms with Crippen LogP contribution >= 0.6 is 11.3 Å². The maximum atomic E-state index is 13.7. The second-order valence-corrected chi connectivity index (χ2v) is 11.3.